The van der Waals surface area contributed by atoms with Crippen LogP contribution in [0.4, 0.5) is 15.8 Å². The molecule has 3 aromatic rings. The van der Waals surface area contributed by atoms with E-state index in [0.29, 0.717) is 10.8 Å². The molecule has 0 spiro atoms. The standard InChI is InChI=1S/C24H26ClFN6O3S/c1-15(30-12-4-3-5-13-30)22-28-29-24(31(22)18-8-6-17(26)7-9-18)36-16(2)23(33)27-21-11-10-19(32(34)35)14-20(21)25/h6-11,14-16H,3-5,12-13H2,1-2H3,(H,27,33). The van der Waals surface area contributed by atoms with Gasteiger partial charge in [-0.2, -0.15) is 0 Å². The Labute approximate surface area is 217 Å². The maximum absolute atomic E-state index is 13.6. The molecule has 1 fully saturated rings. The van der Waals surface area contributed by atoms with Gasteiger partial charge in [0.1, 0.15) is 5.82 Å². The number of carbonyl (C=O) groups is 1. The first kappa shape index (κ1) is 26.1. The normalized spacial score (nSPS) is 15.9. The van der Waals surface area contributed by atoms with Crippen LogP contribution in [0.25, 0.3) is 5.69 Å². The number of rotatable bonds is 8. The second-order valence-electron chi connectivity index (χ2n) is 8.60. The van der Waals surface area contributed by atoms with Gasteiger partial charge in [-0.05, 0) is 70.1 Å². The lowest BCUT2D eigenvalue weighted by molar-refractivity contribution is -0.384. The first-order valence-electron chi connectivity index (χ1n) is 11.6. The van der Waals surface area contributed by atoms with Crippen LogP contribution in [0.5, 0.6) is 0 Å². The van der Waals surface area contributed by atoms with Crippen molar-refractivity contribution in [1.82, 2.24) is 19.7 Å². The highest BCUT2D eigenvalue weighted by atomic mass is 35.5. The molecule has 0 bridgehead atoms. The van der Waals surface area contributed by atoms with Gasteiger partial charge in [0.15, 0.2) is 11.0 Å². The fourth-order valence-corrected chi connectivity index (χ4v) is 5.19. The SMILES string of the molecule is CC(Sc1nnc(C(C)N2CCCCC2)n1-c1ccc(F)cc1)C(=O)Nc1ccc([N+](=O)[O-])cc1Cl. The summed E-state index contributed by atoms with van der Waals surface area (Å²) < 4.78 is 15.5. The minimum Gasteiger partial charge on any atom is -0.324 e. The van der Waals surface area contributed by atoms with E-state index in [1.165, 1.54) is 48.5 Å². The number of hydrogen-bond donors (Lipinski definition) is 1. The van der Waals surface area contributed by atoms with Gasteiger partial charge in [0.2, 0.25) is 5.91 Å². The number of nitrogens with zero attached hydrogens (tertiary/aromatic N) is 5. The molecule has 0 radical (unpaired) electrons. The number of piperidine rings is 1. The van der Waals surface area contributed by atoms with Crippen molar-refractivity contribution >= 4 is 40.6 Å². The largest absolute Gasteiger partial charge is 0.324 e. The maximum atomic E-state index is 13.6. The quantitative estimate of drug-likeness (QED) is 0.227. The van der Waals surface area contributed by atoms with Gasteiger partial charge in [-0.1, -0.05) is 29.8 Å². The first-order chi connectivity index (χ1) is 17.2. The molecule has 1 amide bonds. The van der Waals surface area contributed by atoms with Crippen LogP contribution in [0.1, 0.15) is 45.0 Å². The van der Waals surface area contributed by atoms with E-state index < -0.39 is 10.2 Å². The summed E-state index contributed by atoms with van der Waals surface area (Å²) in [5, 5.41) is 22.5. The lowest BCUT2D eigenvalue weighted by Gasteiger charge is -2.32. The molecule has 4 rings (SSSR count). The summed E-state index contributed by atoms with van der Waals surface area (Å²) in [5.41, 5.74) is 0.816. The molecule has 1 saturated heterocycles. The highest BCUT2D eigenvalue weighted by Gasteiger charge is 2.27. The lowest BCUT2D eigenvalue weighted by atomic mass is 10.1. The Kier molecular flexibility index (Phi) is 8.22. The molecule has 9 nitrogen and oxygen atoms in total. The van der Waals surface area contributed by atoms with Crippen molar-refractivity contribution in [1.29, 1.82) is 0 Å². The molecular weight excluding hydrogens is 507 g/mol. The molecule has 1 aliphatic heterocycles. The predicted octanol–water partition coefficient (Wildman–Crippen LogP) is 5.63. The van der Waals surface area contributed by atoms with Crippen molar-refractivity contribution in [3.05, 3.63) is 69.2 Å². The number of nitro groups is 1. The molecule has 1 aliphatic rings. The zero-order valence-corrected chi connectivity index (χ0v) is 21.4. The number of aromatic nitrogens is 3. The third kappa shape index (κ3) is 5.85. The van der Waals surface area contributed by atoms with Crippen molar-refractivity contribution in [3.63, 3.8) is 0 Å². The number of carbonyl (C=O) groups excluding carboxylic acids is 1. The topological polar surface area (TPSA) is 106 Å². The summed E-state index contributed by atoms with van der Waals surface area (Å²) in [7, 11) is 0. The maximum Gasteiger partial charge on any atom is 0.271 e. The summed E-state index contributed by atoms with van der Waals surface area (Å²) in [5.74, 6) is 0.0199. The van der Waals surface area contributed by atoms with Crippen LogP contribution in [0.2, 0.25) is 5.02 Å². The number of likely N-dealkylation sites (tertiary alicyclic amines) is 1. The highest BCUT2D eigenvalue weighted by Crippen LogP contribution is 2.32. The van der Waals surface area contributed by atoms with E-state index in [2.05, 4.69) is 27.3 Å². The summed E-state index contributed by atoms with van der Waals surface area (Å²) in [6.45, 7) is 5.73. The van der Waals surface area contributed by atoms with Gasteiger partial charge in [0.25, 0.3) is 5.69 Å². The molecule has 190 valence electrons. The number of anilines is 1. The number of hydrogen-bond acceptors (Lipinski definition) is 7. The Bertz CT molecular complexity index is 1250. The fraction of sp³-hybridized carbons (Fsp3) is 0.375. The molecule has 1 N–H and O–H groups in total. The molecule has 36 heavy (non-hydrogen) atoms. The first-order valence-corrected chi connectivity index (χ1v) is 12.9. The molecule has 0 aliphatic carbocycles. The van der Waals surface area contributed by atoms with E-state index >= 15 is 0 Å². The Morgan fingerprint density at radius 1 is 1.14 bits per heavy atom. The number of thioether (sulfide) groups is 1. The summed E-state index contributed by atoms with van der Waals surface area (Å²) in [4.78, 5) is 25.7. The molecule has 2 atom stereocenters. The second-order valence-corrected chi connectivity index (χ2v) is 10.3. The van der Waals surface area contributed by atoms with Crippen LogP contribution in [-0.2, 0) is 4.79 Å². The van der Waals surface area contributed by atoms with Crippen LogP contribution in [0.15, 0.2) is 47.6 Å². The van der Waals surface area contributed by atoms with Crippen molar-refractivity contribution < 1.29 is 14.1 Å². The number of nitrogens with one attached hydrogen (secondary N) is 1. The van der Waals surface area contributed by atoms with Crippen molar-refractivity contribution in [2.45, 2.75) is 49.6 Å². The molecule has 12 heteroatoms. The van der Waals surface area contributed by atoms with E-state index in [1.807, 2.05) is 4.57 Å². The molecule has 2 aromatic carbocycles. The van der Waals surface area contributed by atoms with Crippen LogP contribution in [0.3, 0.4) is 0 Å². The number of non-ortho nitro benzene ring substituents is 1. The predicted molar refractivity (Wildman–Crippen MR) is 137 cm³/mol. The number of amides is 1. The van der Waals surface area contributed by atoms with Gasteiger partial charge in [0.05, 0.1) is 26.9 Å². The molecule has 2 unspecified atom stereocenters. The van der Waals surface area contributed by atoms with Crippen LogP contribution >= 0.6 is 23.4 Å². The van der Waals surface area contributed by atoms with Gasteiger partial charge in [0, 0.05) is 17.8 Å². The molecule has 0 saturated carbocycles. The average Bonchev–Trinajstić information content (AvgIpc) is 3.28. The van der Waals surface area contributed by atoms with Crippen LogP contribution < -0.4 is 5.32 Å². The van der Waals surface area contributed by atoms with Crippen LogP contribution in [0, 0.1) is 15.9 Å². The monoisotopic (exact) mass is 532 g/mol. The number of benzene rings is 2. The molecular formula is C24H26ClFN6O3S. The second kappa shape index (κ2) is 11.4. The minimum absolute atomic E-state index is 0.0137. The van der Waals surface area contributed by atoms with E-state index in [9.17, 15) is 19.3 Å². The number of halogens is 2. The third-order valence-corrected chi connectivity index (χ3v) is 7.48. The Balaban J connectivity index is 1.57. The smallest absolute Gasteiger partial charge is 0.271 e. The number of nitro benzene ring substituents is 1. The highest BCUT2D eigenvalue weighted by molar-refractivity contribution is 8.00. The van der Waals surface area contributed by atoms with Gasteiger partial charge >= 0.3 is 0 Å². The minimum atomic E-state index is -0.599. The van der Waals surface area contributed by atoms with Crippen LogP contribution in [-0.4, -0.2) is 48.8 Å². The third-order valence-electron chi connectivity index (χ3n) is 6.13. The Morgan fingerprint density at radius 3 is 2.47 bits per heavy atom. The van der Waals surface area contributed by atoms with Crippen molar-refractivity contribution in [2.24, 2.45) is 0 Å². The molecule has 2 heterocycles. The van der Waals surface area contributed by atoms with E-state index in [1.54, 1.807) is 19.1 Å². The summed E-state index contributed by atoms with van der Waals surface area (Å²) >= 11 is 7.33. The van der Waals surface area contributed by atoms with Gasteiger partial charge in [-0.25, -0.2) is 4.39 Å². The zero-order chi connectivity index (χ0) is 25.8. The van der Waals surface area contributed by atoms with Crippen molar-refractivity contribution in [3.8, 4) is 5.69 Å². The zero-order valence-electron chi connectivity index (χ0n) is 19.9. The average molecular weight is 533 g/mol. The fourth-order valence-electron chi connectivity index (χ4n) is 4.09. The van der Waals surface area contributed by atoms with E-state index in [-0.39, 0.29) is 34.2 Å². The Morgan fingerprint density at radius 2 is 1.83 bits per heavy atom. The van der Waals surface area contributed by atoms with Crippen molar-refractivity contribution in [2.75, 3.05) is 18.4 Å². The summed E-state index contributed by atoms with van der Waals surface area (Å²) in [6.07, 6.45) is 3.46. The van der Waals surface area contributed by atoms with E-state index in [4.69, 9.17) is 11.6 Å². The van der Waals surface area contributed by atoms with Gasteiger partial charge in [-0.3, -0.25) is 24.4 Å². The van der Waals surface area contributed by atoms with Gasteiger partial charge < -0.3 is 5.32 Å². The lowest BCUT2D eigenvalue weighted by Crippen LogP contribution is -2.33. The molecule has 1 aromatic heterocycles. The Hall–Kier alpha value is -3.02. The van der Waals surface area contributed by atoms with Gasteiger partial charge in [-0.15, -0.1) is 10.2 Å². The van der Waals surface area contributed by atoms with E-state index in [0.717, 1.165) is 31.8 Å². The summed E-state index contributed by atoms with van der Waals surface area (Å²) in [6, 6.07) is 9.94.